The van der Waals surface area contributed by atoms with Crippen molar-refractivity contribution in [3.8, 4) is 0 Å². The molecule has 24 heavy (non-hydrogen) atoms. The van der Waals surface area contributed by atoms with Crippen LogP contribution >= 0.6 is 0 Å². The summed E-state index contributed by atoms with van der Waals surface area (Å²) in [5.41, 5.74) is 2.15. The number of benzene rings is 1. The van der Waals surface area contributed by atoms with Crippen LogP contribution in [0.15, 0.2) is 24.3 Å². The summed E-state index contributed by atoms with van der Waals surface area (Å²) in [6, 6.07) is 8.28. The molecule has 1 aromatic carbocycles. The van der Waals surface area contributed by atoms with E-state index < -0.39 is 5.92 Å². The van der Waals surface area contributed by atoms with E-state index >= 15 is 0 Å². The minimum absolute atomic E-state index is 0.00435. The fourth-order valence-corrected chi connectivity index (χ4v) is 3.57. The number of rotatable bonds is 3. The van der Waals surface area contributed by atoms with Crippen molar-refractivity contribution in [2.45, 2.75) is 39.2 Å². The fraction of sp³-hybridized carbons (Fsp3) is 0.579. The molecule has 0 aliphatic carbocycles. The summed E-state index contributed by atoms with van der Waals surface area (Å²) in [5.74, 6) is -0.106. The average Bonchev–Trinajstić information content (AvgIpc) is 2.96. The van der Waals surface area contributed by atoms with Crippen molar-refractivity contribution in [3.05, 3.63) is 29.8 Å². The molecule has 2 fully saturated rings. The third-order valence-electron chi connectivity index (χ3n) is 5.16. The maximum absolute atomic E-state index is 12.8. The van der Waals surface area contributed by atoms with Crippen LogP contribution in [0.25, 0.3) is 0 Å². The number of carbonyl (C=O) groups is 2. The van der Waals surface area contributed by atoms with Crippen molar-refractivity contribution in [1.82, 2.24) is 10.2 Å². The Kier molecular flexibility index (Phi) is 4.90. The lowest BCUT2D eigenvalue weighted by atomic mass is 10.0. The Bertz CT molecular complexity index is 612. The van der Waals surface area contributed by atoms with Gasteiger partial charge in [-0.05, 0) is 37.0 Å². The van der Waals surface area contributed by atoms with E-state index in [-0.39, 0.29) is 17.9 Å². The van der Waals surface area contributed by atoms with E-state index in [1.807, 2.05) is 24.0 Å². The van der Waals surface area contributed by atoms with Gasteiger partial charge in [-0.15, -0.1) is 0 Å². The number of carbonyl (C=O) groups excluding carboxylic acids is 2. The molecule has 0 bridgehead atoms. The van der Waals surface area contributed by atoms with Gasteiger partial charge in [0.15, 0.2) is 0 Å². The minimum atomic E-state index is -0.518. The molecule has 0 radical (unpaired) electrons. The molecule has 0 spiro atoms. The Morgan fingerprint density at radius 2 is 1.92 bits per heavy atom. The van der Waals surface area contributed by atoms with Crippen LogP contribution in [0.1, 0.15) is 38.7 Å². The number of amides is 2. The highest BCUT2D eigenvalue weighted by molar-refractivity contribution is 6.09. The normalized spacial score (nSPS) is 24.8. The number of hydrogen-bond donors (Lipinski definition) is 1. The molecule has 2 heterocycles. The maximum atomic E-state index is 12.8. The first-order chi connectivity index (χ1) is 11.5. The second-order valence-corrected chi connectivity index (χ2v) is 7.16. The van der Waals surface area contributed by atoms with Crippen molar-refractivity contribution in [2.75, 3.05) is 31.1 Å². The van der Waals surface area contributed by atoms with Gasteiger partial charge < -0.3 is 15.1 Å². The number of hydrogen-bond acceptors (Lipinski definition) is 3. The summed E-state index contributed by atoms with van der Waals surface area (Å²) in [7, 11) is 0. The predicted octanol–water partition coefficient (Wildman–Crippen LogP) is 1.98. The highest BCUT2D eigenvalue weighted by atomic mass is 16.2. The van der Waals surface area contributed by atoms with Gasteiger partial charge in [0, 0.05) is 37.9 Å². The predicted molar refractivity (Wildman–Crippen MR) is 95.0 cm³/mol. The van der Waals surface area contributed by atoms with Gasteiger partial charge in [0.1, 0.15) is 5.92 Å². The van der Waals surface area contributed by atoms with Gasteiger partial charge >= 0.3 is 0 Å². The van der Waals surface area contributed by atoms with Gasteiger partial charge in [-0.1, -0.05) is 26.0 Å². The Labute approximate surface area is 144 Å². The zero-order chi connectivity index (χ0) is 17.3. The van der Waals surface area contributed by atoms with E-state index in [0.29, 0.717) is 25.4 Å². The monoisotopic (exact) mass is 329 g/mol. The van der Waals surface area contributed by atoms with Gasteiger partial charge in [0.2, 0.25) is 11.8 Å². The highest BCUT2D eigenvalue weighted by Gasteiger charge is 2.41. The van der Waals surface area contributed by atoms with Crippen LogP contribution < -0.4 is 10.2 Å². The van der Waals surface area contributed by atoms with Crippen LogP contribution in [-0.4, -0.2) is 48.9 Å². The van der Waals surface area contributed by atoms with Crippen LogP contribution in [0.2, 0.25) is 0 Å². The molecule has 1 unspecified atom stereocenters. The summed E-state index contributed by atoms with van der Waals surface area (Å²) in [6.07, 6.45) is 0.611. The number of piperazine rings is 1. The molecule has 2 atom stereocenters. The van der Waals surface area contributed by atoms with Crippen molar-refractivity contribution in [2.24, 2.45) is 5.92 Å². The number of anilines is 1. The second kappa shape index (κ2) is 6.93. The second-order valence-electron chi connectivity index (χ2n) is 7.16. The third kappa shape index (κ3) is 3.18. The van der Waals surface area contributed by atoms with Crippen molar-refractivity contribution >= 4 is 17.5 Å². The Hall–Kier alpha value is -1.88. The summed E-state index contributed by atoms with van der Waals surface area (Å²) in [6.45, 7) is 9.25. The molecular weight excluding hydrogens is 302 g/mol. The molecule has 130 valence electrons. The molecule has 2 aliphatic heterocycles. The molecule has 3 rings (SSSR count). The standard InChI is InChI=1S/C19H27N3O2/c1-13(2)15-4-6-16(7-5-15)22-10-8-17(19(22)24)18(23)21-11-9-20-12-14(21)3/h4-7,13-14,17,20H,8-12H2,1-3H3/t14-,17?/m1/s1. The molecule has 5 heteroatoms. The topological polar surface area (TPSA) is 52.7 Å². The van der Waals surface area contributed by atoms with Gasteiger partial charge in [-0.2, -0.15) is 0 Å². The Morgan fingerprint density at radius 1 is 1.21 bits per heavy atom. The average molecular weight is 329 g/mol. The van der Waals surface area contributed by atoms with Gasteiger partial charge in [-0.25, -0.2) is 0 Å². The van der Waals surface area contributed by atoms with E-state index in [9.17, 15) is 9.59 Å². The van der Waals surface area contributed by atoms with Crippen LogP contribution in [0.5, 0.6) is 0 Å². The zero-order valence-corrected chi connectivity index (χ0v) is 14.8. The van der Waals surface area contributed by atoms with Gasteiger partial charge in [0.25, 0.3) is 0 Å². The zero-order valence-electron chi connectivity index (χ0n) is 14.8. The van der Waals surface area contributed by atoms with E-state index in [1.54, 1.807) is 4.90 Å². The molecule has 0 aromatic heterocycles. The largest absolute Gasteiger partial charge is 0.337 e. The van der Waals surface area contributed by atoms with Crippen LogP contribution in [-0.2, 0) is 9.59 Å². The Balaban J connectivity index is 1.71. The molecule has 2 amide bonds. The molecule has 2 aliphatic rings. The molecule has 1 aromatic rings. The first-order valence-electron chi connectivity index (χ1n) is 8.91. The van der Waals surface area contributed by atoms with Gasteiger partial charge in [-0.3, -0.25) is 9.59 Å². The minimum Gasteiger partial charge on any atom is -0.337 e. The van der Waals surface area contributed by atoms with Crippen LogP contribution in [0.3, 0.4) is 0 Å². The Morgan fingerprint density at radius 3 is 2.54 bits per heavy atom. The van der Waals surface area contributed by atoms with Crippen LogP contribution in [0.4, 0.5) is 5.69 Å². The lowest BCUT2D eigenvalue weighted by molar-refractivity contribution is -0.142. The molecule has 0 saturated carbocycles. The number of nitrogens with zero attached hydrogens (tertiary/aromatic N) is 2. The SMILES string of the molecule is CC(C)c1ccc(N2CCC(C(=O)N3CCNC[C@H]3C)C2=O)cc1. The third-order valence-corrected chi connectivity index (χ3v) is 5.16. The van der Waals surface area contributed by atoms with Crippen molar-refractivity contribution < 1.29 is 9.59 Å². The van der Waals surface area contributed by atoms with Crippen LogP contribution in [0, 0.1) is 5.92 Å². The lowest BCUT2D eigenvalue weighted by Gasteiger charge is -2.35. The van der Waals surface area contributed by atoms with E-state index in [1.165, 1.54) is 5.56 Å². The van der Waals surface area contributed by atoms with Crippen molar-refractivity contribution in [3.63, 3.8) is 0 Å². The molecule has 1 N–H and O–H groups in total. The molecule has 5 nitrogen and oxygen atoms in total. The maximum Gasteiger partial charge on any atom is 0.239 e. The quantitative estimate of drug-likeness (QED) is 0.863. The van der Waals surface area contributed by atoms with E-state index in [4.69, 9.17) is 0 Å². The lowest BCUT2D eigenvalue weighted by Crippen LogP contribution is -2.54. The van der Waals surface area contributed by atoms with E-state index in [2.05, 4.69) is 31.3 Å². The summed E-state index contributed by atoms with van der Waals surface area (Å²) in [5, 5.41) is 3.28. The summed E-state index contributed by atoms with van der Waals surface area (Å²) in [4.78, 5) is 29.2. The van der Waals surface area contributed by atoms with E-state index in [0.717, 1.165) is 18.8 Å². The molecular formula is C19H27N3O2. The first kappa shape index (κ1) is 17.0. The molecule has 2 saturated heterocycles. The van der Waals surface area contributed by atoms with Crippen molar-refractivity contribution in [1.29, 1.82) is 0 Å². The fourth-order valence-electron chi connectivity index (χ4n) is 3.57. The van der Waals surface area contributed by atoms with Gasteiger partial charge in [0.05, 0.1) is 0 Å². The number of nitrogens with one attached hydrogen (secondary N) is 1. The summed E-state index contributed by atoms with van der Waals surface area (Å²) >= 11 is 0. The first-order valence-corrected chi connectivity index (χ1v) is 8.91. The smallest absolute Gasteiger partial charge is 0.239 e. The summed E-state index contributed by atoms with van der Waals surface area (Å²) < 4.78 is 0. The highest BCUT2D eigenvalue weighted by Crippen LogP contribution is 2.28.